The third kappa shape index (κ3) is 4.40. The molecule has 10 nitrogen and oxygen atoms in total. The number of H-pyrrole nitrogens is 2. The van der Waals surface area contributed by atoms with E-state index in [1.807, 2.05) is 60.5 Å². The highest BCUT2D eigenvalue weighted by Crippen LogP contribution is 2.33. The van der Waals surface area contributed by atoms with E-state index in [1.165, 1.54) is 0 Å². The number of aromatic nitrogens is 6. The summed E-state index contributed by atoms with van der Waals surface area (Å²) in [4.78, 5) is 38.0. The molecule has 6 rings (SSSR count). The Morgan fingerprint density at radius 2 is 1.87 bits per heavy atom. The molecule has 2 aliphatic heterocycles. The normalized spacial score (nSPS) is 17.4. The minimum atomic E-state index is -0.197. The number of anilines is 1. The Balaban J connectivity index is 1.17. The number of rotatable bonds is 4. The topological polar surface area (TPSA) is 116 Å². The number of hydrogen-bond acceptors (Lipinski definition) is 6. The van der Waals surface area contributed by atoms with Gasteiger partial charge in [-0.2, -0.15) is 5.10 Å². The molecule has 5 heterocycles. The number of nitrogens with one attached hydrogen (secondary N) is 2. The van der Waals surface area contributed by atoms with Crippen molar-refractivity contribution in [1.29, 1.82) is 0 Å². The van der Waals surface area contributed by atoms with Gasteiger partial charge in [0.1, 0.15) is 5.82 Å². The molecule has 0 radical (unpaired) electrons. The fraction of sp³-hybridized carbons (Fsp3) is 0.393. The highest BCUT2D eigenvalue weighted by molar-refractivity contribution is 5.95. The van der Waals surface area contributed by atoms with Gasteiger partial charge in [-0.25, -0.2) is 14.5 Å². The average molecular weight is 513 g/mol. The van der Waals surface area contributed by atoms with Gasteiger partial charge in [-0.05, 0) is 31.9 Å². The predicted molar refractivity (Wildman–Crippen MR) is 144 cm³/mol. The number of carbonyl (C=O) groups excluding carboxylic acids is 1. The lowest BCUT2D eigenvalue weighted by Crippen LogP contribution is -2.45. The summed E-state index contributed by atoms with van der Waals surface area (Å²) in [6.07, 6.45) is 3.35. The molecule has 0 bridgehead atoms. The van der Waals surface area contributed by atoms with Crippen LogP contribution in [0.15, 0.2) is 53.5 Å². The maximum atomic E-state index is 13.6. The molecule has 2 N–H and O–H groups in total. The molecule has 0 atom stereocenters. The Morgan fingerprint density at radius 1 is 1.11 bits per heavy atom. The second kappa shape index (κ2) is 9.27. The number of benzene rings is 1. The van der Waals surface area contributed by atoms with E-state index in [-0.39, 0.29) is 23.1 Å². The molecule has 1 amide bonds. The molecule has 2 aliphatic rings. The third-order valence-electron chi connectivity index (χ3n) is 7.64. The number of nitrogens with zero attached hydrogens (tertiary/aromatic N) is 6. The number of hydrogen-bond donors (Lipinski definition) is 2. The molecule has 4 aromatic rings. The first-order valence-electron chi connectivity index (χ1n) is 13.1. The Kier molecular flexibility index (Phi) is 5.89. The van der Waals surface area contributed by atoms with Crippen molar-refractivity contribution in [3.8, 4) is 11.4 Å². The lowest BCUT2D eigenvalue weighted by molar-refractivity contribution is 0.0684. The zero-order chi connectivity index (χ0) is 26.4. The first-order chi connectivity index (χ1) is 18.3. The van der Waals surface area contributed by atoms with E-state index in [9.17, 15) is 9.59 Å². The van der Waals surface area contributed by atoms with E-state index in [0.29, 0.717) is 24.5 Å². The number of aryl methyl sites for hydroxylation is 1. The van der Waals surface area contributed by atoms with Crippen molar-refractivity contribution in [1.82, 2.24) is 34.8 Å². The summed E-state index contributed by atoms with van der Waals surface area (Å²) < 4.78 is 1.58. The first kappa shape index (κ1) is 24.1. The number of pyridine rings is 1. The fourth-order valence-electron chi connectivity index (χ4n) is 5.75. The largest absolute Gasteiger partial charge is 0.356 e. The quantitative estimate of drug-likeness (QED) is 0.433. The van der Waals surface area contributed by atoms with Crippen molar-refractivity contribution >= 4 is 11.7 Å². The Hall–Kier alpha value is -4.21. The van der Waals surface area contributed by atoms with E-state index in [0.717, 1.165) is 54.3 Å². The number of piperidine rings is 1. The van der Waals surface area contributed by atoms with E-state index in [1.54, 1.807) is 4.68 Å². The predicted octanol–water partition coefficient (Wildman–Crippen LogP) is 3.44. The Labute approximate surface area is 220 Å². The maximum absolute atomic E-state index is 13.6. The molecule has 1 saturated heterocycles. The minimum absolute atomic E-state index is 0.00285. The molecular weight excluding hydrogens is 480 g/mol. The molecule has 38 heavy (non-hydrogen) atoms. The van der Waals surface area contributed by atoms with Crippen LogP contribution in [0.3, 0.4) is 0 Å². The van der Waals surface area contributed by atoms with Crippen LogP contribution >= 0.6 is 0 Å². The SMILES string of the molecule is Cc1cc(C(=O)N2Cc3cn[nH]c3C(C)(C)C2)cc(N2CCC(n3nc(-c4ccccc4)[nH]c3=O)CC2)n1. The van der Waals surface area contributed by atoms with Crippen LogP contribution in [0.5, 0.6) is 0 Å². The molecule has 3 aromatic heterocycles. The van der Waals surface area contributed by atoms with Crippen LogP contribution < -0.4 is 10.6 Å². The highest BCUT2D eigenvalue weighted by atomic mass is 16.2. The number of carbonyl (C=O) groups is 1. The van der Waals surface area contributed by atoms with Crippen LogP contribution in [0, 0.1) is 6.92 Å². The zero-order valence-electron chi connectivity index (χ0n) is 21.9. The number of fused-ring (bicyclic) bond motifs is 1. The van der Waals surface area contributed by atoms with Gasteiger partial charge >= 0.3 is 5.69 Å². The zero-order valence-corrected chi connectivity index (χ0v) is 21.9. The summed E-state index contributed by atoms with van der Waals surface area (Å²) in [5, 5.41) is 11.9. The molecule has 10 heteroatoms. The van der Waals surface area contributed by atoms with Crippen LogP contribution in [0.4, 0.5) is 5.82 Å². The van der Waals surface area contributed by atoms with Crippen LogP contribution in [-0.4, -0.2) is 60.4 Å². The van der Waals surface area contributed by atoms with E-state index in [4.69, 9.17) is 4.98 Å². The van der Waals surface area contributed by atoms with Crippen LogP contribution in [0.1, 0.15) is 60.0 Å². The molecule has 0 aliphatic carbocycles. The summed E-state index contributed by atoms with van der Waals surface area (Å²) in [6, 6.07) is 13.5. The van der Waals surface area contributed by atoms with Gasteiger partial charge in [0.25, 0.3) is 5.91 Å². The van der Waals surface area contributed by atoms with Crippen LogP contribution in [-0.2, 0) is 12.0 Å². The summed E-state index contributed by atoms with van der Waals surface area (Å²) in [5.74, 6) is 1.39. The van der Waals surface area contributed by atoms with Gasteiger partial charge in [-0.3, -0.25) is 14.9 Å². The van der Waals surface area contributed by atoms with Crippen molar-refractivity contribution in [2.24, 2.45) is 0 Å². The van der Waals surface area contributed by atoms with Crippen molar-refractivity contribution in [3.63, 3.8) is 0 Å². The van der Waals surface area contributed by atoms with E-state index < -0.39 is 0 Å². The second-order valence-corrected chi connectivity index (χ2v) is 11.0. The monoisotopic (exact) mass is 512 g/mol. The van der Waals surface area contributed by atoms with Crippen molar-refractivity contribution in [2.45, 2.75) is 51.6 Å². The number of aromatic amines is 2. The molecule has 1 fully saturated rings. The average Bonchev–Trinajstić information content (AvgIpc) is 3.55. The summed E-state index contributed by atoms with van der Waals surface area (Å²) in [6.45, 7) is 8.80. The molecule has 1 aromatic carbocycles. The lowest BCUT2D eigenvalue weighted by atomic mass is 9.83. The van der Waals surface area contributed by atoms with E-state index in [2.05, 4.69) is 39.0 Å². The summed E-state index contributed by atoms with van der Waals surface area (Å²) >= 11 is 0. The van der Waals surface area contributed by atoms with Gasteiger partial charge in [-0.15, -0.1) is 5.10 Å². The van der Waals surface area contributed by atoms with Gasteiger partial charge < -0.3 is 9.80 Å². The third-order valence-corrected chi connectivity index (χ3v) is 7.64. The first-order valence-corrected chi connectivity index (χ1v) is 13.1. The molecule has 0 saturated carbocycles. The van der Waals surface area contributed by atoms with Gasteiger partial charge in [0.15, 0.2) is 5.82 Å². The summed E-state index contributed by atoms with van der Waals surface area (Å²) in [5.41, 5.74) is 4.13. The molecule has 0 unspecified atom stereocenters. The van der Waals surface area contributed by atoms with Crippen LogP contribution in [0.2, 0.25) is 0 Å². The van der Waals surface area contributed by atoms with Gasteiger partial charge in [0, 0.05) is 59.7 Å². The van der Waals surface area contributed by atoms with Gasteiger partial charge in [0.2, 0.25) is 0 Å². The molecule has 196 valence electrons. The van der Waals surface area contributed by atoms with Crippen molar-refractivity contribution in [3.05, 3.63) is 81.7 Å². The van der Waals surface area contributed by atoms with Crippen molar-refractivity contribution < 1.29 is 4.79 Å². The maximum Gasteiger partial charge on any atom is 0.343 e. The van der Waals surface area contributed by atoms with Gasteiger partial charge in [0.05, 0.1) is 12.2 Å². The lowest BCUT2D eigenvalue weighted by Gasteiger charge is -2.37. The summed E-state index contributed by atoms with van der Waals surface area (Å²) in [7, 11) is 0. The molecule has 0 spiro atoms. The Morgan fingerprint density at radius 3 is 2.63 bits per heavy atom. The number of amides is 1. The minimum Gasteiger partial charge on any atom is -0.356 e. The van der Waals surface area contributed by atoms with E-state index >= 15 is 0 Å². The highest BCUT2D eigenvalue weighted by Gasteiger charge is 2.36. The van der Waals surface area contributed by atoms with Crippen LogP contribution in [0.25, 0.3) is 11.4 Å². The standard InChI is InChI=1S/C28H32N8O2/c1-18-13-20(26(37)35-16-21-15-29-32-24(21)28(2,3)17-35)14-23(30-18)34-11-9-22(10-12-34)36-27(38)31-25(33-36)19-7-5-4-6-8-19/h4-8,13-15,22H,9-12,16-17H2,1-3H3,(H,29,32)(H,31,33,38). The van der Waals surface area contributed by atoms with Gasteiger partial charge in [-0.1, -0.05) is 44.2 Å². The smallest absolute Gasteiger partial charge is 0.343 e. The Bertz CT molecular complexity index is 1530. The fourth-order valence-corrected chi connectivity index (χ4v) is 5.75. The second-order valence-electron chi connectivity index (χ2n) is 11.0. The molecular formula is C28H32N8O2. The van der Waals surface area contributed by atoms with Crippen molar-refractivity contribution in [2.75, 3.05) is 24.5 Å².